The van der Waals surface area contributed by atoms with E-state index in [0.717, 1.165) is 28.9 Å². The predicted octanol–water partition coefficient (Wildman–Crippen LogP) is 2.69. The standard InChI is InChI=1S/C28H35N7O2/c1-4-29-11-12-34(19-28(37)33(3)35-17-23-7-5-6-8-24(23)18-35)27(36)16-32-26-10-9-22(13-21(26)2)25-14-30-20-31-15-25/h5-10,13-15,20,29,32H,4,11-12,16-19H2,1-3H3. The Kier molecular flexibility index (Phi) is 8.81. The van der Waals surface area contributed by atoms with Crippen molar-refractivity contribution in [2.24, 2.45) is 0 Å². The molecule has 3 aromatic rings. The van der Waals surface area contributed by atoms with Gasteiger partial charge < -0.3 is 15.5 Å². The van der Waals surface area contributed by atoms with Crippen molar-refractivity contribution >= 4 is 17.5 Å². The molecule has 2 heterocycles. The predicted molar refractivity (Wildman–Crippen MR) is 144 cm³/mol. The molecule has 2 aromatic carbocycles. The monoisotopic (exact) mass is 501 g/mol. The first-order valence-electron chi connectivity index (χ1n) is 12.6. The van der Waals surface area contributed by atoms with Gasteiger partial charge in [0.05, 0.1) is 6.54 Å². The summed E-state index contributed by atoms with van der Waals surface area (Å²) in [4.78, 5) is 36.2. The first-order valence-corrected chi connectivity index (χ1v) is 12.6. The normalized spacial score (nSPS) is 12.7. The highest BCUT2D eigenvalue weighted by Crippen LogP contribution is 2.24. The van der Waals surface area contributed by atoms with Gasteiger partial charge in [-0.25, -0.2) is 15.0 Å². The number of rotatable bonds is 11. The van der Waals surface area contributed by atoms with E-state index in [9.17, 15) is 9.59 Å². The summed E-state index contributed by atoms with van der Waals surface area (Å²) in [5, 5.41) is 10.2. The smallest absolute Gasteiger partial charge is 0.256 e. The topological polar surface area (TPSA) is 93.7 Å². The molecule has 9 nitrogen and oxygen atoms in total. The van der Waals surface area contributed by atoms with Crippen molar-refractivity contribution in [3.63, 3.8) is 0 Å². The fraction of sp³-hybridized carbons (Fsp3) is 0.357. The number of likely N-dealkylation sites (N-methyl/N-ethyl adjacent to an activating group) is 2. The molecule has 0 saturated heterocycles. The van der Waals surface area contributed by atoms with Crippen molar-refractivity contribution < 1.29 is 9.59 Å². The summed E-state index contributed by atoms with van der Waals surface area (Å²) in [5.41, 5.74) is 6.29. The van der Waals surface area contributed by atoms with Gasteiger partial charge in [-0.15, -0.1) is 0 Å². The van der Waals surface area contributed by atoms with Crippen molar-refractivity contribution in [3.8, 4) is 11.1 Å². The molecule has 0 aliphatic carbocycles. The number of aryl methyl sites for hydroxylation is 1. The van der Waals surface area contributed by atoms with E-state index in [4.69, 9.17) is 0 Å². The Hall–Kier alpha value is -3.82. The maximum absolute atomic E-state index is 13.2. The summed E-state index contributed by atoms with van der Waals surface area (Å²) in [6.45, 7) is 7.42. The van der Waals surface area contributed by atoms with Gasteiger partial charge >= 0.3 is 0 Å². The highest BCUT2D eigenvalue weighted by molar-refractivity contribution is 5.87. The van der Waals surface area contributed by atoms with Gasteiger partial charge in [0.25, 0.3) is 5.91 Å². The van der Waals surface area contributed by atoms with Crippen LogP contribution in [0.2, 0.25) is 0 Å². The molecule has 1 aromatic heterocycles. The van der Waals surface area contributed by atoms with E-state index in [0.29, 0.717) is 26.2 Å². The molecule has 0 fully saturated rings. The minimum absolute atomic E-state index is 0.0289. The van der Waals surface area contributed by atoms with Gasteiger partial charge in [0.1, 0.15) is 12.9 Å². The van der Waals surface area contributed by atoms with Gasteiger partial charge in [0.2, 0.25) is 5.91 Å². The molecule has 0 radical (unpaired) electrons. The molecule has 1 aliphatic heterocycles. The number of hydrogen-bond acceptors (Lipinski definition) is 7. The zero-order valence-corrected chi connectivity index (χ0v) is 21.8. The van der Waals surface area contributed by atoms with Crippen molar-refractivity contribution in [3.05, 3.63) is 77.9 Å². The van der Waals surface area contributed by atoms with Crippen LogP contribution >= 0.6 is 0 Å². The Morgan fingerprint density at radius 2 is 1.70 bits per heavy atom. The number of hydrogen-bond donors (Lipinski definition) is 2. The van der Waals surface area contributed by atoms with Crippen LogP contribution in [0.3, 0.4) is 0 Å². The molecule has 194 valence electrons. The average molecular weight is 502 g/mol. The number of carbonyl (C=O) groups excluding carboxylic acids is 2. The Balaban J connectivity index is 1.36. The minimum atomic E-state index is -0.121. The number of benzene rings is 2. The van der Waals surface area contributed by atoms with Gasteiger partial charge in [0.15, 0.2) is 0 Å². The lowest BCUT2D eigenvalue weighted by molar-refractivity contribution is -0.151. The van der Waals surface area contributed by atoms with Crippen LogP contribution in [-0.2, 0) is 22.7 Å². The van der Waals surface area contributed by atoms with E-state index in [1.54, 1.807) is 29.4 Å². The van der Waals surface area contributed by atoms with Crippen LogP contribution < -0.4 is 10.6 Å². The third kappa shape index (κ3) is 6.69. The van der Waals surface area contributed by atoms with Crippen LogP contribution in [0, 0.1) is 6.92 Å². The van der Waals surface area contributed by atoms with Crippen molar-refractivity contribution in [1.29, 1.82) is 0 Å². The number of carbonyl (C=O) groups is 2. The second kappa shape index (κ2) is 12.4. The van der Waals surface area contributed by atoms with Gasteiger partial charge in [0, 0.05) is 56.9 Å². The lowest BCUT2D eigenvalue weighted by Gasteiger charge is -2.31. The molecule has 2 N–H and O–H groups in total. The molecule has 0 atom stereocenters. The summed E-state index contributed by atoms with van der Waals surface area (Å²) >= 11 is 0. The first-order chi connectivity index (χ1) is 18.0. The molecule has 0 bridgehead atoms. The van der Waals surface area contributed by atoms with Crippen LogP contribution in [0.15, 0.2) is 61.2 Å². The average Bonchev–Trinajstić information content (AvgIpc) is 3.36. The summed E-state index contributed by atoms with van der Waals surface area (Å²) in [5.74, 6) is -0.229. The Morgan fingerprint density at radius 3 is 2.35 bits per heavy atom. The number of aromatic nitrogens is 2. The number of nitrogens with one attached hydrogen (secondary N) is 2. The minimum Gasteiger partial charge on any atom is -0.376 e. The van der Waals surface area contributed by atoms with Crippen LogP contribution in [0.25, 0.3) is 11.1 Å². The SMILES string of the molecule is CCNCCN(CC(=O)N(C)N1Cc2ccccc2C1)C(=O)CNc1ccc(-c2cncnc2)cc1C. The molecule has 0 spiro atoms. The summed E-state index contributed by atoms with van der Waals surface area (Å²) in [6, 6.07) is 14.2. The number of fused-ring (bicyclic) bond motifs is 1. The van der Waals surface area contributed by atoms with Gasteiger partial charge in [-0.05, 0) is 47.9 Å². The third-order valence-electron chi connectivity index (χ3n) is 6.65. The van der Waals surface area contributed by atoms with E-state index < -0.39 is 0 Å². The third-order valence-corrected chi connectivity index (χ3v) is 6.65. The van der Waals surface area contributed by atoms with Gasteiger partial charge in [-0.1, -0.05) is 37.3 Å². The fourth-order valence-corrected chi connectivity index (χ4v) is 4.41. The second-order valence-electron chi connectivity index (χ2n) is 9.19. The summed E-state index contributed by atoms with van der Waals surface area (Å²) in [6.07, 6.45) is 5.05. The highest BCUT2D eigenvalue weighted by Gasteiger charge is 2.27. The number of nitrogens with zero attached hydrogens (tertiary/aromatic N) is 5. The molecule has 1 aliphatic rings. The number of hydrazine groups is 1. The van der Waals surface area contributed by atoms with Crippen LogP contribution in [0.4, 0.5) is 5.69 Å². The molecule has 4 rings (SSSR count). The number of amides is 2. The van der Waals surface area contributed by atoms with E-state index in [2.05, 4.69) is 32.7 Å². The van der Waals surface area contributed by atoms with Crippen LogP contribution in [0.1, 0.15) is 23.6 Å². The summed E-state index contributed by atoms with van der Waals surface area (Å²) < 4.78 is 0. The second-order valence-corrected chi connectivity index (χ2v) is 9.19. The molecule has 2 amide bonds. The quantitative estimate of drug-likeness (QED) is 0.390. The van der Waals surface area contributed by atoms with Crippen LogP contribution in [-0.4, -0.2) is 76.5 Å². The van der Waals surface area contributed by atoms with E-state index in [-0.39, 0.29) is 24.9 Å². The van der Waals surface area contributed by atoms with Crippen molar-refractivity contribution in [1.82, 2.24) is 30.2 Å². The van der Waals surface area contributed by atoms with Crippen molar-refractivity contribution in [2.45, 2.75) is 26.9 Å². The Bertz CT molecular complexity index is 1190. The largest absolute Gasteiger partial charge is 0.376 e. The van der Waals surface area contributed by atoms with Gasteiger partial charge in [-0.3, -0.25) is 14.6 Å². The van der Waals surface area contributed by atoms with E-state index in [1.807, 2.05) is 49.2 Å². The van der Waals surface area contributed by atoms with Gasteiger partial charge in [-0.2, -0.15) is 0 Å². The zero-order valence-electron chi connectivity index (χ0n) is 21.8. The lowest BCUT2D eigenvalue weighted by atomic mass is 10.1. The number of anilines is 1. The Labute approximate surface area is 218 Å². The fourth-order valence-electron chi connectivity index (χ4n) is 4.41. The van der Waals surface area contributed by atoms with Crippen molar-refractivity contribution in [2.75, 3.05) is 45.1 Å². The molecule has 0 saturated carbocycles. The van der Waals surface area contributed by atoms with E-state index >= 15 is 0 Å². The highest BCUT2D eigenvalue weighted by atomic mass is 16.2. The lowest BCUT2D eigenvalue weighted by Crippen LogP contribution is -2.49. The van der Waals surface area contributed by atoms with Crippen LogP contribution in [0.5, 0.6) is 0 Å². The molecule has 37 heavy (non-hydrogen) atoms. The molecular weight excluding hydrogens is 466 g/mol. The first kappa shape index (κ1) is 26.2. The maximum atomic E-state index is 13.2. The van der Waals surface area contributed by atoms with E-state index in [1.165, 1.54) is 17.5 Å². The summed E-state index contributed by atoms with van der Waals surface area (Å²) in [7, 11) is 1.78. The molecule has 9 heteroatoms. The molecular formula is C28H35N7O2. The molecule has 0 unspecified atom stereocenters. The maximum Gasteiger partial charge on any atom is 0.256 e. The zero-order chi connectivity index (χ0) is 26.2. The Morgan fingerprint density at radius 1 is 1.00 bits per heavy atom.